The number of rotatable bonds is 4. The minimum absolute atomic E-state index is 0.0692. The van der Waals surface area contributed by atoms with Crippen LogP contribution < -0.4 is 10.2 Å². The van der Waals surface area contributed by atoms with Gasteiger partial charge in [-0.25, -0.2) is 9.97 Å². The van der Waals surface area contributed by atoms with E-state index in [1.54, 1.807) is 0 Å². The lowest BCUT2D eigenvalue weighted by atomic mass is 9.87. The topological polar surface area (TPSA) is 61.4 Å². The van der Waals surface area contributed by atoms with Crippen LogP contribution in [-0.2, 0) is 4.79 Å². The van der Waals surface area contributed by atoms with Crippen LogP contribution >= 0.6 is 0 Å². The van der Waals surface area contributed by atoms with Crippen molar-refractivity contribution >= 4 is 17.4 Å². The molecule has 4 heterocycles. The SMILES string of the molecule is Cc1ccc(C)c(NC(=O)CN2C3CC2CN(c2ccnc(C)n2)C3)c1. The molecule has 2 bridgehead atoms. The highest BCUT2D eigenvalue weighted by atomic mass is 16.2. The number of aryl methyl sites for hydroxylation is 3. The van der Waals surface area contributed by atoms with Gasteiger partial charge in [0.2, 0.25) is 5.91 Å². The zero-order valence-corrected chi connectivity index (χ0v) is 15.6. The molecule has 1 N–H and O–H groups in total. The van der Waals surface area contributed by atoms with Crippen molar-refractivity contribution < 1.29 is 4.79 Å². The molecule has 0 saturated carbocycles. The second-order valence-corrected chi connectivity index (χ2v) is 7.45. The monoisotopic (exact) mass is 351 g/mol. The molecule has 136 valence electrons. The largest absolute Gasteiger partial charge is 0.353 e. The molecule has 3 aliphatic rings. The fourth-order valence-corrected chi connectivity index (χ4v) is 3.98. The fraction of sp³-hybridized carbons (Fsp3) is 0.450. The quantitative estimate of drug-likeness (QED) is 0.916. The Morgan fingerprint density at radius 2 is 1.96 bits per heavy atom. The molecule has 1 aromatic heterocycles. The summed E-state index contributed by atoms with van der Waals surface area (Å²) < 4.78 is 0. The number of nitrogens with zero attached hydrogens (tertiary/aromatic N) is 4. The van der Waals surface area contributed by atoms with Crippen molar-refractivity contribution in [2.45, 2.75) is 39.3 Å². The summed E-state index contributed by atoms with van der Waals surface area (Å²) in [7, 11) is 0. The summed E-state index contributed by atoms with van der Waals surface area (Å²) >= 11 is 0. The lowest BCUT2D eigenvalue weighted by molar-refractivity contribution is -0.121. The molecular formula is C20H25N5O. The molecule has 6 heteroatoms. The van der Waals surface area contributed by atoms with Gasteiger partial charge in [0.15, 0.2) is 0 Å². The number of hydrogen-bond acceptors (Lipinski definition) is 5. The Morgan fingerprint density at radius 3 is 2.69 bits per heavy atom. The number of piperidine rings is 1. The predicted octanol–water partition coefficient (Wildman–Crippen LogP) is 2.30. The summed E-state index contributed by atoms with van der Waals surface area (Å²) in [5.41, 5.74) is 3.17. The van der Waals surface area contributed by atoms with Gasteiger partial charge in [0, 0.05) is 37.1 Å². The van der Waals surface area contributed by atoms with Crippen molar-refractivity contribution in [2.24, 2.45) is 0 Å². The van der Waals surface area contributed by atoms with Crippen LogP contribution in [0.3, 0.4) is 0 Å². The average molecular weight is 351 g/mol. The molecule has 0 spiro atoms. The highest BCUT2D eigenvalue weighted by Crippen LogP contribution is 2.33. The predicted molar refractivity (Wildman–Crippen MR) is 102 cm³/mol. The number of nitrogens with one attached hydrogen (secondary N) is 1. The molecule has 5 rings (SSSR count). The minimum Gasteiger partial charge on any atom is -0.353 e. The van der Waals surface area contributed by atoms with Gasteiger partial charge in [-0.05, 0) is 50.5 Å². The number of amides is 1. The molecule has 0 radical (unpaired) electrons. The summed E-state index contributed by atoms with van der Waals surface area (Å²) in [4.78, 5) is 25.9. The Morgan fingerprint density at radius 1 is 1.19 bits per heavy atom. The van der Waals surface area contributed by atoms with E-state index < -0.39 is 0 Å². The third-order valence-corrected chi connectivity index (χ3v) is 5.42. The molecule has 2 atom stereocenters. The molecule has 0 aliphatic carbocycles. The maximum Gasteiger partial charge on any atom is 0.238 e. The molecule has 3 aliphatic heterocycles. The van der Waals surface area contributed by atoms with E-state index >= 15 is 0 Å². The van der Waals surface area contributed by atoms with E-state index in [9.17, 15) is 4.79 Å². The van der Waals surface area contributed by atoms with Crippen LogP contribution in [-0.4, -0.2) is 52.5 Å². The van der Waals surface area contributed by atoms with Gasteiger partial charge in [-0.1, -0.05) is 12.1 Å². The number of hydrogen-bond donors (Lipinski definition) is 1. The van der Waals surface area contributed by atoms with Crippen molar-refractivity contribution in [1.29, 1.82) is 0 Å². The maximum absolute atomic E-state index is 12.5. The third kappa shape index (κ3) is 3.29. The van der Waals surface area contributed by atoms with Crippen LogP contribution in [0.15, 0.2) is 30.5 Å². The molecular weight excluding hydrogens is 326 g/mol. The summed E-state index contributed by atoms with van der Waals surface area (Å²) in [5.74, 6) is 1.86. The van der Waals surface area contributed by atoms with E-state index in [-0.39, 0.29) is 5.91 Å². The van der Waals surface area contributed by atoms with Crippen LogP contribution in [0.25, 0.3) is 0 Å². The maximum atomic E-state index is 12.5. The zero-order chi connectivity index (χ0) is 18.3. The Hall–Kier alpha value is -2.47. The number of aromatic nitrogens is 2. The van der Waals surface area contributed by atoms with Gasteiger partial charge in [0.05, 0.1) is 6.54 Å². The van der Waals surface area contributed by atoms with Gasteiger partial charge in [-0.15, -0.1) is 0 Å². The Kier molecular flexibility index (Phi) is 4.36. The van der Waals surface area contributed by atoms with Crippen LogP contribution in [0.4, 0.5) is 11.5 Å². The smallest absolute Gasteiger partial charge is 0.238 e. The van der Waals surface area contributed by atoms with Gasteiger partial charge in [-0.3, -0.25) is 9.69 Å². The number of fused-ring (bicyclic) bond motifs is 2. The van der Waals surface area contributed by atoms with Crippen LogP contribution in [0.5, 0.6) is 0 Å². The van der Waals surface area contributed by atoms with Crippen molar-refractivity contribution in [2.75, 3.05) is 29.9 Å². The van der Waals surface area contributed by atoms with E-state index in [1.165, 1.54) is 0 Å². The summed E-state index contributed by atoms with van der Waals surface area (Å²) in [6.45, 7) is 8.28. The molecule has 1 aromatic carbocycles. The van der Waals surface area contributed by atoms with E-state index in [0.717, 1.165) is 48.0 Å². The molecule has 3 fully saturated rings. The van der Waals surface area contributed by atoms with E-state index in [1.807, 2.05) is 45.2 Å². The van der Waals surface area contributed by atoms with Crippen molar-refractivity contribution in [3.8, 4) is 0 Å². The third-order valence-electron chi connectivity index (χ3n) is 5.42. The van der Waals surface area contributed by atoms with Gasteiger partial charge in [0.25, 0.3) is 0 Å². The fourth-order valence-electron chi connectivity index (χ4n) is 3.98. The number of anilines is 2. The first kappa shape index (κ1) is 17.0. The van der Waals surface area contributed by atoms with Gasteiger partial charge < -0.3 is 10.2 Å². The van der Waals surface area contributed by atoms with E-state index in [0.29, 0.717) is 18.6 Å². The highest BCUT2D eigenvalue weighted by molar-refractivity contribution is 5.93. The first-order valence-corrected chi connectivity index (χ1v) is 9.17. The van der Waals surface area contributed by atoms with E-state index in [4.69, 9.17) is 0 Å². The first-order valence-electron chi connectivity index (χ1n) is 9.17. The number of piperazine rings is 1. The van der Waals surface area contributed by atoms with Crippen molar-refractivity contribution in [1.82, 2.24) is 14.9 Å². The average Bonchev–Trinajstić information content (AvgIpc) is 2.63. The summed E-state index contributed by atoms with van der Waals surface area (Å²) in [6.07, 6.45) is 2.98. The van der Waals surface area contributed by atoms with E-state index in [2.05, 4.69) is 31.2 Å². The van der Waals surface area contributed by atoms with Gasteiger partial charge in [-0.2, -0.15) is 0 Å². The molecule has 3 saturated heterocycles. The van der Waals surface area contributed by atoms with Gasteiger partial charge in [0.1, 0.15) is 11.6 Å². The normalized spacial score (nSPS) is 22.0. The number of carbonyl (C=O) groups is 1. The molecule has 6 nitrogen and oxygen atoms in total. The zero-order valence-electron chi connectivity index (χ0n) is 15.6. The van der Waals surface area contributed by atoms with Crippen molar-refractivity contribution in [3.63, 3.8) is 0 Å². The lowest BCUT2D eigenvalue weighted by Gasteiger charge is -2.56. The minimum atomic E-state index is 0.0692. The summed E-state index contributed by atoms with van der Waals surface area (Å²) in [6, 6.07) is 8.96. The molecule has 2 aromatic rings. The van der Waals surface area contributed by atoms with Crippen molar-refractivity contribution in [3.05, 3.63) is 47.4 Å². The second kappa shape index (κ2) is 6.68. The molecule has 2 unspecified atom stereocenters. The second-order valence-electron chi connectivity index (χ2n) is 7.45. The summed E-state index contributed by atoms with van der Waals surface area (Å²) in [5, 5.41) is 3.07. The Labute approximate surface area is 154 Å². The van der Waals surface area contributed by atoms with Crippen LogP contribution in [0.1, 0.15) is 23.4 Å². The number of carbonyl (C=O) groups excluding carboxylic acids is 1. The molecule has 1 amide bonds. The van der Waals surface area contributed by atoms with Gasteiger partial charge >= 0.3 is 0 Å². The van der Waals surface area contributed by atoms with Crippen LogP contribution in [0, 0.1) is 20.8 Å². The highest BCUT2D eigenvalue weighted by Gasteiger charge is 2.45. The lowest BCUT2D eigenvalue weighted by Crippen LogP contribution is -2.69. The Bertz CT molecular complexity index is 825. The standard InChI is InChI=1S/C20H25N5O/c1-13-4-5-14(2)18(8-13)23-20(26)12-25-16-9-17(25)11-24(10-16)19-6-7-21-15(3)22-19/h4-8,16-17H,9-12H2,1-3H3,(H,23,26). The Balaban J connectivity index is 1.36. The molecule has 26 heavy (non-hydrogen) atoms. The first-order chi connectivity index (χ1) is 12.5. The van der Waals surface area contributed by atoms with Crippen LogP contribution in [0.2, 0.25) is 0 Å². The number of benzene rings is 1.